The number of thiophene rings is 1. The van der Waals surface area contributed by atoms with E-state index in [1.807, 2.05) is 17.4 Å². The molecule has 0 radical (unpaired) electrons. The van der Waals surface area contributed by atoms with Crippen LogP contribution >= 0.6 is 33.9 Å². The fourth-order valence-electron chi connectivity index (χ4n) is 5.43. The Balaban J connectivity index is 1.89. The predicted molar refractivity (Wildman–Crippen MR) is 155 cm³/mol. The number of terminal acetylenes is 1. The van der Waals surface area contributed by atoms with Gasteiger partial charge in [-0.3, -0.25) is 0 Å². The fourth-order valence-corrected chi connectivity index (χ4v) is 7.08. The van der Waals surface area contributed by atoms with E-state index in [-0.39, 0.29) is 5.41 Å². The molecule has 3 heteroatoms. The first kappa shape index (κ1) is 25.3. The lowest BCUT2D eigenvalue weighted by Gasteiger charge is -2.42. The summed E-state index contributed by atoms with van der Waals surface area (Å²) in [5.41, 5.74) is 4.64. The van der Waals surface area contributed by atoms with Gasteiger partial charge in [0.2, 0.25) is 0 Å². The monoisotopic (exact) mass is 582 g/mol. The smallest absolute Gasteiger partial charge is 0.147 e. The maximum atomic E-state index is 6.77. The fraction of sp³-hybridized carbons (Fsp3) is 0.419. The highest BCUT2D eigenvalue weighted by Gasteiger charge is 2.43. The maximum absolute atomic E-state index is 6.77. The molecule has 4 rings (SSSR count). The molecule has 2 aromatic carbocycles. The van der Waals surface area contributed by atoms with E-state index >= 15 is 0 Å². The van der Waals surface area contributed by atoms with E-state index in [0.29, 0.717) is 0 Å². The summed E-state index contributed by atoms with van der Waals surface area (Å²) < 4.78 is 8.05. The van der Waals surface area contributed by atoms with Gasteiger partial charge in [-0.2, -0.15) is 0 Å². The van der Waals surface area contributed by atoms with Gasteiger partial charge in [-0.1, -0.05) is 95.4 Å². The normalized spacial score (nSPS) is 13.6. The molecule has 0 unspecified atom stereocenters. The van der Waals surface area contributed by atoms with Crippen LogP contribution in [0.3, 0.4) is 0 Å². The van der Waals surface area contributed by atoms with Gasteiger partial charge in [0, 0.05) is 27.0 Å². The molecule has 1 aliphatic rings. The summed E-state index contributed by atoms with van der Waals surface area (Å²) in [5, 5.41) is 0. The van der Waals surface area contributed by atoms with Crippen LogP contribution in [0.15, 0.2) is 48.5 Å². The van der Waals surface area contributed by atoms with Crippen LogP contribution in [0.1, 0.15) is 94.7 Å². The zero-order valence-electron chi connectivity index (χ0n) is 20.5. The Hall–Kier alpha value is -1.77. The minimum Gasteiger partial charge on any atom is -0.455 e. The number of benzene rings is 2. The number of unbranched alkanes of at least 4 members (excludes halogenated alkanes) is 6. The third-order valence-electron chi connectivity index (χ3n) is 7.17. The van der Waals surface area contributed by atoms with Gasteiger partial charge in [0.15, 0.2) is 0 Å². The molecule has 2 heterocycles. The second-order valence-electron chi connectivity index (χ2n) is 9.42. The van der Waals surface area contributed by atoms with Crippen LogP contribution < -0.4 is 4.74 Å². The standard InChI is InChI=1S/C31H35IOS/c1-4-7-9-11-21-31(22-12-10-8-5-2)25-17-13-15-23(6-3)29(25)33-30-24(16-14-18-26(30)31)27-19-20-28(32)34-27/h3,13-20H,4-5,7-12,21-22H2,1-2H3. The van der Waals surface area contributed by atoms with Crippen molar-refractivity contribution in [2.75, 3.05) is 0 Å². The molecule has 0 spiro atoms. The quantitative estimate of drug-likeness (QED) is 0.124. The third-order valence-corrected chi connectivity index (χ3v) is 9.10. The highest BCUT2D eigenvalue weighted by molar-refractivity contribution is 14.1. The lowest BCUT2D eigenvalue weighted by Crippen LogP contribution is -2.32. The number of rotatable bonds is 11. The van der Waals surface area contributed by atoms with Crippen LogP contribution in [0, 0.1) is 15.2 Å². The second kappa shape index (κ2) is 11.8. The van der Waals surface area contributed by atoms with E-state index in [2.05, 4.69) is 84.8 Å². The largest absolute Gasteiger partial charge is 0.455 e. The Morgan fingerprint density at radius 2 is 1.47 bits per heavy atom. The van der Waals surface area contributed by atoms with Gasteiger partial charge in [-0.25, -0.2) is 0 Å². The predicted octanol–water partition coefficient (Wildman–Crippen LogP) is 10.3. The minimum atomic E-state index is -0.0579. The SMILES string of the molecule is C#Cc1cccc2c1Oc1c(-c3ccc(I)s3)cccc1C2(CCCCCC)CCCCCC. The summed E-state index contributed by atoms with van der Waals surface area (Å²) >= 11 is 4.23. The van der Waals surface area contributed by atoms with Gasteiger partial charge in [0.25, 0.3) is 0 Å². The van der Waals surface area contributed by atoms with E-state index in [0.717, 1.165) is 29.9 Å². The third kappa shape index (κ3) is 5.09. The number of hydrogen-bond acceptors (Lipinski definition) is 2. The highest BCUT2D eigenvalue weighted by atomic mass is 127. The number of para-hydroxylation sites is 2. The van der Waals surface area contributed by atoms with E-state index in [9.17, 15) is 0 Å². The van der Waals surface area contributed by atoms with Crippen molar-refractivity contribution in [3.8, 4) is 34.3 Å². The van der Waals surface area contributed by atoms with Crippen LogP contribution in [0.5, 0.6) is 11.5 Å². The molecular weight excluding hydrogens is 547 g/mol. The van der Waals surface area contributed by atoms with Crippen molar-refractivity contribution in [1.29, 1.82) is 0 Å². The number of ether oxygens (including phenoxy) is 1. The molecule has 0 atom stereocenters. The Labute approximate surface area is 223 Å². The van der Waals surface area contributed by atoms with Gasteiger partial charge in [0.05, 0.1) is 8.45 Å². The molecule has 0 N–H and O–H groups in total. The summed E-state index contributed by atoms with van der Waals surface area (Å²) in [6.45, 7) is 4.57. The van der Waals surface area contributed by atoms with Crippen molar-refractivity contribution in [3.63, 3.8) is 0 Å². The first-order valence-corrected chi connectivity index (χ1v) is 14.7. The molecule has 0 saturated heterocycles. The van der Waals surface area contributed by atoms with E-state index in [1.54, 1.807) is 0 Å². The number of fused-ring (bicyclic) bond motifs is 2. The average Bonchev–Trinajstić information content (AvgIpc) is 3.29. The van der Waals surface area contributed by atoms with Crippen LogP contribution in [-0.2, 0) is 5.41 Å². The van der Waals surface area contributed by atoms with Crippen molar-refractivity contribution < 1.29 is 4.74 Å². The maximum Gasteiger partial charge on any atom is 0.147 e. The molecule has 1 aliphatic heterocycles. The van der Waals surface area contributed by atoms with Crippen molar-refractivity contribution in [2.24, 2.45) is 0 Å². The zero-order chi connectivity index (χ0) is 24.0. The van der Waals surface area contributed by atoms with Crippen molar-refractivity contribution >= 4 is 33.9 Å². The van der Waals surface area contributed by atoms with Crippen LogP contribution in [-0.4, -0.2) is 0 Å². The molecule has 3 aromatic rings. The summed E-state index contributed by atoms with van der Waals surface area (Å²) in [4.78, 5) is 1.26. The Kier molecular flexibility index (Phi) is 8.77. The Morgan fingerprint density at radius 1 is 0.824 bits per heavy atom. The van der Waals surface area contributed by atoms with E-state index < -0.39 is 0 Å². The van der Waals surface area contributed by atoms with Crippen molar-refractivity contribution in [2.45, 2.75) is 83.5 Å². The molecule has 0 fully saturated rings. The van der Waals surface area contributed by atoms with Gasteiger partial charge >= 0.3 is 0 Å². The lowest BCUT2D eigenvalue weighted by atomic mass is 9.65. The molecule has 34 heavy (non-hydrogen) atoms. The number of halogens is 1. The first-order chi connectivity index (χ1) is 16.6. The Morgan fingerprint density at radius 3 is 2.06 bits per heavy atom. The Bertz CT molecular complexity index is 1140. The number of hydrogen-bond donors (Lipinski definition) is 0. The summed E-state index contributed by atoms with van der Waals surface area (Å²) in [7, 11) is 0. The summed E-state index contributed by atoms with van der Waals surface area (Å²) in [6, 6.07) is 17.6. The molecule has 0 amide bonds. The first-order valence-electron chi connectivity index (χ1n) is 12.8. The van der Waals surface area contributed by atoms with Crippen LogP contribution in [0.4, 0.5) is 0 Å². The van der Waals surface area contributed by atoms with Gasteiger partial charge < -0.3 is 4.74 Å². The molecular formula is C31H35IOS. The van der Waals surface area contributed by atoms with Crippen LogP contribution in [0.2, 0.25) is 0 Å². The van der Waals surface area contributed by atoms with Gasteiger partial charge in [-0.15, -0.1) is 17.8 Å². The molecule has 1 nitrogen and oxygen atoms in total. The summed E-state index contributed by atoms with van der Waals surface area (Å²) in [6.07, 6.45) is 18.4. The molecule has 0 aliphatic carbocycles. The minimum absolute atomic E-state index is 0.0579. The zero-order valence-corrected chi connectivity index (χ0v) is 23.4. The highest BCUT2D eigenvalue weighted by Crippen LogP contribution is 2.56. The molecule has 178 valence electrons. The second-order valence-corrected chi connectivity index (χ2v) is 12.4. The van der Waals surface area contributed by atoms with Crippen LogP contribution in [0.25, 0.3) is 10.4 Å². The lowest BCUT2D eigenvalue weighted by molar-refractivity contribution is 0.338. The van der Waals surface area contributed by atoms with Gasteiger partial charge in [0.1, 0.15) is 11.5 Å². The molecule has 0 bridgehead atoms. The molecule has 0 saturated carbocycles. The topological polar surface area (TPSA) is 9.23 Å². The average molecular weight is 583 g/mol. The van der Waals surface area contributed by atoms with E-state index in [4.69, 9.17) is 11.2 Å². The van der Waals surface area contributed by atoms with Crippen molar-refractivity contribution in [1.82, 2.24) is 0 Å². The molecule has 1 aromatic heterocycles. The van der Waals surface area contributed by atoms with Crippen molar-refractivity contribution in [3.05, 3.63) is 68.1 Å². The van der Waals surface area contributed by atoms with E-state index in [1.165, 1.54) is 75.8 Å². The summed E-state index contributed by atoms with van der Waals surface area (Å²) in [5.74, 6) is 4.84. The van der Waals surface area contributed by atoms with Gasteiger partial charge in [-0.05, 0) is 59.7 Å².